The number of nitrogens with zero attached hydrogens (tertiary/aromatic N) is 1. The monoisotopic (exact) mass is 308 g/mol. The molecular weight excluding hydrogens is 292 g/mol. The lowest BCUT2D eigenvalue weighted by Gasteiger charge is -2.22. The molecule has 1 aliphatic rings. The number of aliphatic hydroxyl groups is 1. The second-order valence-electron chi connectivity index (χ2n) is 4.76. The molecule has 7 heteroatoms. The largest absolute Gasteiger partial charge is 0.384 e. The first-order chi connectivity index (χ1) is 10.0. The zero-order chi connectivity index (χ0) is 15.3. The van der Waals surface area contributed by atoms with Crippen LogP contribution in [0.15, 0.2) is 18.3 Å². The summed E-state index contributed by atoms with van der Waals surface area (Å²) >= 11 is 0. The highest BCUT2D eigenvalue weighted by atomic mass is 32.2. The maximum absolute atomic E-state index is 12.2. The second kappa shape index (κ2) is 6.70. The number of amides is 1. The van der Waals surface area contributed by atoms with Crippen LogP contribution in [0.25, 0.3) is 0 Å². The third kappa shape index (κ3) is 4.28. The van der Waals surface area contributed by atoms with E-state index in [0.717, 1.165) is 0 Å². The van der Waals surface area contributed by atoms with Crippen LogP contribution in [0.3, 0.4) is 0 Å². The van der Waals surface area contributed by atoms with Crippen molar-refractivity contribution < 1.29 is 18.3 Å². The van der Waals surface area contributed by atoms with Gasteiger partial charge < -0.3 is 10.4 Å². The van der Waals surface area contributed by atoms with Crippen LogP contribution in [-0.2, 0) is 9.84 Å². The van der Waals surface area contributed by atoms with E-state index in [0.29, 0.717) is 18.4 Å². The number of rotatable bonds is 2. The molecule has 0 spiro atoms. The van der Waals surface area contributed by atoms with E-state index >= 15 is 0 Å². The standard InChI is InChI=1S/C14H16N2O4S/c17-8-2-4-11-3-1-7-15-13(11)14(18)16-12-5-9-21(19,20)10-6-12/h1,3,7,12,17H,5-6,8-10H2,(H,16,18). The minimum absolute atomic E-state index is 0.0946. The smallest absolute Gasteiger partial charge is 0.271 e. The predicted octanol–water partition coefficient (Wildman–Crippen LogP) is -0.268. The van der Waals surface area contributed by atoms with Crippen LogP contribution < -0.4 is 5.32 Å². The molecule has 0 radical (unpaired) electrons. The fourth-order valence-corrected chi connectivity index (χ4v) is 3.60. The molecule has 2 heterocycles. The first-order valence-electron chi connectivity index (χ1n) is 6.58. The van der Waals surface area contributed by atoms with Gasteiger partial charge in [-0.15, -0.1) is 0 Å². The lowest BCUT2D eigenvalue weighted by Crippen LogP contribution is -2.41. The fourth-order valence-electron chi connectivity index (χ4n) is 2.11. The van der Waals surface area contributed by atoms with E-state index in [2.05, 4.69) is 22.1 Å². The summed E-state index contributed by atoms with van der Waals surface area (Å²) in [5.74, 6) is 4.97. The molecule has 2 N–H and O–H groups in total. The average Bonchev–Trinajstić information content (AvgIpc) is 2.47. The Hall–Kier alpha value is -1.91. The van der Waals surface area contributed by atoms with E-state index in [1.54, 1.807) is 12.1 Å². The Bertz CT molecular complexity index is 674. The maximum atomic E-state index is 12.2. The number of hydrogen-bond donors (Lipinski definition) is 2. The number of carbonyl (C=O) groups is 1. The molecule has 1 amide bonds. The van der Waals surface area contributed by atoms with Gasteiger partial charge in [-0.2, -0.15) is 0 Å². The zero-order valence-electron chi connectivity index (χ0n) is 11.4. The van der Waals surface area contributed by atoms with Crippen molar-refractivity contribution >= 4 is 15.7 Å². The van der Waals surface area contributed by atoms with E-state index in [4.69, 9.17) is 5.11 Å². The van der Waals surface area contributed by atoms with Gasteiger partial charge in [0.15, 0.2) is 0 Å². The molecule has 6 nitrogen and oxygen atoms in total. The molecule has 1 fully saturated rings. The molecule has 112 valence electrons. The Morgan fingerprint density at radius 1 is 1.43 bits per heavy atom. The van der Waals surface area contributed by atoms with Crippen molar-refractivity contribution in [2.45, 2.75) is 18.9 Å². The molecule has 2 rings (SSSR count). The molecule has 0 aromatic carbocycles. The number of aromatic nitrogens is 1. The van der Waals surface area contributed by atoms with Crippen LogP contribution >= 0.6 is 0 Å². The van der Waals surface area contributed by atoms with Gasteiger partial charge in [0.05, 0.1) is 17.1 Å². The molecule has 1 saturated heterocycles. The van der Waals surface area contributed by atoms with Gasteiger partial charge in [-0.05, 0) is 25.0 Å². The Morgan fingerprint density at radius 3 is 2.81 bits per heavy atom. The summed E-state index contributed by atoms with van der Waals surface area (Å²) in [6, 6.07) is 3.14. The molecule has 0 bridgehead atoms. The van der Waals surface area contributed by atoms with E-state index < -0.39 is 9.84 Å². The number of nitrogens with one attached hydrogen (secondary N) is 1. The van der Waals surface area contributed by atoms with Crippen molar-refractivity contribution in [3.8, 4) is 11.8 Å². The van der Waals surface area contributed by atoms with Crippen LogP contribution in [-0.4, -0.2) is 48.6 Å². The van der Waals surface area contributed by atoms with Gasteiger partial charge >= 0.3 is 0 Å². The molecule has 1 aliphatic heterocycles. The Kier molecular flexibility index (Phi) is 4.94. The zero-order valence-corrected chi connectivity index (χ0v) is 12.2. The van der Waals surface area contributed by atoms with Crippen molar-refractivity contribution in [1.29, 1.82) is 0 Å². The number of carbonyl (C=O) groups excluding carboxylic acids is 1. The summed E-state index contributed by atoms with van der Waals surface area (Å²) in [6.45, 7) is -0.295. The van der Waals surface area contributed by atoms with Gasteiger partial charge in [0, 0.05) is 12.2 Å². The van der Waals surface area contributed by atoms with Crippen molar-refractivity contribution in [1.82, 2.24) is 10.3 Å². The molecule has 0 aliphatic carbocycles. The average molecular weight is 308 g/mol. The number of pyridine rings is 1. The predicted molar refractivity (Wildman–Crippen MR) is 77.3 cm³/mol. The summed E-state index contributed by atoms with van der Waals surface area (Å²) < 4.78 is 22.7. The summed E-state index contributed by atoms with van der Waals surface area (Å²) in [7, 11) is -2.95. The highest BCUT2D eigenvalue weighted by Crippen LogP contribution is 2.13. The van der Waals surface area contributed by atoms with E-state index in [9.17, 15) is 13.2 Å². The summed E-state index contributed by atoms with van der Waals surface area (Å²) in [6.07, 6.45) is 2.32. The number of aliphatic hydroxyl groups excluding tert-OH is 1. The third-order valence-corrected chi connectivity index (χ3v) is 4.93. The number of sulfone groups is 1. The molecule has 1 aromatic rings. The van der Waals surface area contributed by atoms with Crippen LogP contribution in [0.5, 0.6) is 0 Å². The molecule has 1 aromatic heterocycles. The third-order valence-electron chi connectivity index (χ3n) is 3.21. The number of hydrogen-bond acceptors (Lipinski definition) is 5. The van der Waals surface area contributed by atoms with Gasteiger partial charge in [-0.1, -0.05) is 11.8 Å². The van der Waals surface area contributed by atoms with Crippen molar-refractivity contribution in [2.24, 2.45) is 0 Å². The fraction of sp³-hybridized carbons (Fsp3) is 0.429. The van der Waals surface area contributed by atoms with Crippen LogP contribution in [0.4, 0.5) is 0 Å². The Morgan fingerprint density at radius 2 is 2.14 bits per heavy atom. The minimum Gasteiger partial charge on any atom is -0.384 e. The molecule has 0 atom stereocenters. The molecule has 0 saturated carbocycles. The van der Waals surface area contributed by atoms with E-state index in [1.165, 1.54) is 6.20 Å². The first-order valence-corrected chi connectivity index (χ1v) is 8.40. The highest BCUT2D eigenvalue weighted by molar-refractivity contribution is 7.91. The van der Waals surface area contributed by atoms with E-state index in [1.807, 2.05) is 0 Å². The molecular formula is C14H16N2O4S. The normalized spacial score (nSPS) is 17.6. The van der Waals surface area contributed by atoms with Gasteiger partial charge in [0.25, 0.3) is 5.91 Å². The summed E-state index contributed by atoms with van der Waals surface area (Å²) in [4.78, 5) is 16.2. The topological polar surface area (TPSA) is 96.4 Å². The molecule has 21 heavy (non-hydrogen) atoms. The Balaban J connectivity index is 2.07. The SMILES string of the molecule is O=C(NC1CCS(=O)(=O)CC1)c1ncccc1C#CCO. The summed E-state index contributed by atoms with van der Waals surface area (Å²) in [5, 5.41) is 11.5. The van der Waals surface area contributed by atoms with E-state index in [-0.39, 0.29) is 35.8 Å². The summed E-state index contributed by atoms with van der Waals surface area (Å²) in [5.41, 5.74) is 0.624. The van der Waals surface area contributed by atoms with Crippen molar-refractivity contribution in [2.75, 3.05) is 18.1 Å². The van der Waals surface area contributed by atoms with Crippen LogP contribution in [0, 0.1) is 11.8 Å². The van der Waals surface area contributed by atoms with Gasteiger partial charge in [0.2, 0.25) is 0 Å². The lowest BCUT2D eigenvalue weighted by atomic mass is 10.1. The molecule has 0 unspecified atom stereocenters. The van der Waals surface area contributed by atoms with Gasteiger partial charge in [-0.25, -0.2) is 13.4 Å². The van der Waals surface area contributed by atoms with Crippen molar-refractivity contribution in [3.05, 3.63) is 29.6 Å². The van der Waals surface area contributed by atoms with Gasteiger partial charge in [0.1, 0.15) is 22.1 Å². The second-order valence-corrected chi connectivity index (χ2v) is 7.06. The Labute approximate surface area is 123 Å². The first kappa shape index (κ1) is 15.5. The van der Waals surface area contributed by atoms with Gasteiger partial charge in [-0.3, -0.25) is 4.79 Å². The van der Waals surface area contributed by atoms with Crippen LogP contribution in [0.2, 0.25) is 0 Å². The van der Waals surface area contributed by atoms with Crippen molar-refractivity contribution in [3.63, 3.8) is 0 Å². The maximum Gasteiger partial charge on any atom is 0.271 e. The quantitative estimate of drug-likeness (QED) is 0.733. The van der Waals surface area contributed by atoms with Crippen LogP contribution in [0.1, 0.15) is 28.9 Å². The highest BCUT2D eigenvalue weighted by Gasteiger charge is 2.25. The minimum atomic E-state index is -2.95. The lowest BCUT2D eigenvalue weighted by molar-refractivity contribution is 0.0929.